The van der Waals surface area contributed by atoms with E-state index in [4.69, 9.17) is 0 Å². The molecular formula is C26H25N5O5. The molecule has 2 heterocycles. The number of rotatable bonds is 7. The zero-order valence-corrected chi connectivity index (χ0v) is 20.1. The second-order valence-electron chi connectivity index (χ2n) is 8.38. The zero-order valence-electron chi connectivity index (χ0n) is 20.1. The van der Waals surface area contributed by atoms with Gasteiger partial charge in [0.25, 0.3) is 11.6 Å². The lowest BCUT2D eigenvalue weighted by molar-refractivity contribution is -0.384. The quantitative estimate of drug-likeness (QED) is 0.225. The molecule has 1 aromatic heterocycles. The van der Waals surface area contributed by atoms with Crippen LogP contribution in [0.3, 0.4) is 0 Å². The number of hydrogen-bond acceptors (Lipinski definition) is 5. The Balaban J connectivity index is 1.55. The Morgan fingerprint density at radius 3 is 2.58 bits per heavy atom. The van der Waals surface area contributed by atoms with Crippen molar-refractivity contribution in [2.45, 2.75) is 27.2 Å². The molecule has 10 nitrogen and oxygen atoms in total. The van der Waals surface area contributed by atoms with Gasteiger partial charge in [-0.15, -0.1) is 0 Å². The fraction of sp³-hybridized carbons (Fsp3) is 0.192. The van der Waals surface area contributed by atoms with Crippen molar-refractivity contribution >= 4 is 35.3 Å². The Bertz CT molecular complexity index is 1420. The predicted octanol–water partition coefficient (Wildman–Crippen LogP) is 4.10. The number of non-ortho nitro benzene ring substituents is 1. The lowest BCUT2D eigenvalue weighted by atomic mass is 10.1. The van der Waals surface area contributed by atoms with Crippen molar-refractivity contribution in [3.63, 3.8) is 0 Å². The van der Waals surface area contributed by atoms with Crippen LogP contribution < -0.4 is 10.6 Å². The molecule has 10 heteroatoms. The van der Waals surface area contributed by atoms with Gasteiger partial charge in [-0.2, -0.15) is 0 Å². The predicted molar refractivity (Wildman–Crippen MR) is 135 cm³/mol. The van der Waals surface area contributed by atoms with Crippen molar-refractivity contribution in [3.8, 4) is 5.69 Å². The minimum absolute atomic E-state index is 0.0337. The maximum Gasteiger partial charge on any atom is 0.329 e. The third kappa shape index (κ3) is 4.74. The van der Waals surface area contributed by atoms with Crippen LogP contribution in [0.5, 0.6) is 0 Å². The summed E-state index contributed by atoms with van der Waals surface area (Å²) in [6.45, 7) is 5.20. The van der Waals surface area contributed by atoms with Gasteiger partial charge in [0.05, 0.1) is 10.6 Å². The molecule has 0 bridgehead atoms. The Kier molecular flexibility index (Phi) is 6.69. The van der Waals surface area contributed by atoms with Crippen molar-refractivity contribution in [3.05, 3.63) is 92.9 Å². The van der Waals surface area contributed by atoms with Gasteiger partial charge < -0.3 is 15.2 Å². The molecule has 1 aliphatic rings. The van der Waals surface area contributed by atoms with Crippen molar-refractivity contribution < 1.29 is 19.3 Å². The highest BCUT2D eigenvalue weighted by atomic mass is 16.6. The average Bonchev–Trinajstić information content (AvgIpc) is 3.28. The first-order valence-electron chi connectivity index (χ1n) is 11.4. The van der Waals surface area contributed by atoms with Gasteiger partial charge in [0.15, 0.2) is 0 Å². The van der Waals surface area contributed by atoms with Crippen LogP contribution in [0.25, 0.3) is 11.8 Å². The molecular weight excluding hydrogens is 462 g/mol. The number of benzene rings is 2. The number of nitro groups is 1. The van der Waals surface area contributed by atoms with Crippen LogP contribution in [0.4, 0.5) is 16.2 Å². The van der Waals surface area contributed by atoms with Crippen LogP contribution in [0.2, 0.25) is 0 Å². The van der Waals surface area contributed by atoms with Gasteiger partial charge >= 0.3 is 6.03 Å². The molecule has 2 N–H and O–H groups in total. The van der Waals surface area contributed by atoms with Gasteiger partial charge in [0.2, 0.25) is 5.91 Å². The van der Waals surface area contributed by atoms with Gasteiger partial charge in [-0.1, -0.05) is 31.2 Å². The second-order valence-corrected chi connectivity index (χ2v) is 8.38. The molecule has 0 radical (unpaired) electrons. The number of para-hydroxylation sites is 1. The second kappa shape index (κ2) is 9.87. The molecule has 0 atom stereocenters. The lowest BCUT2D eigenvalue weighted by Gasteiger charge is -2.13. The van der Waals surface area contributed by atoms with Gasteiger partial charge in [0.1, 0.15) is 12.2 Å². The molecule has 2 aromatic carbocycles. The minimum atomic E-state index is -0.683. The highest BCUT2D eigenvalue weighted by Crippen LogP contribution is 2.26. The Morgan fingerprint density at radius 1 is 1.11 bits per heavy atom. The van der Waals surface area contributed by atoms with E-state index >= 15 is 0 Å². The summed E-state index contributed by atoms with van der Waals surface area (Å²) in [5, 5.41) is 16.5. The summed E-state index contributed by atoms with van der Waals surface area (Å²) in [7, 11) is 0. The van der Waals surface area contributed by atoms with E-state index in [1.54, 1.807) is 30.3 Å². The van der Waals surface area contributed by atoms with Crippen LogP contribution in [-0.4, -0.2) is 38.8 Å². The fourth-order valence-electron chi connectivity index (χ4n) is 4.23. The van der Waals surface area contributed by atoms with Crippen molar-refractivity contribution in [2.75, 3.05) is 11.9 Å². The minimum Gasteiger partial charge on any atom is -0.324 e. The van der Waals surface area contributed by atoms with Gasteiger partial charge in [-0.05, 0) is 55.7 Å². The topological polar surface area (TPSA) is 127 Å². The number of aromatic nitrogens is 1. The normalized spacial score (nSPS) is 14.3. The Labute approximate surface area is 207 Å². The van der Waals surface area contributed by atoms with Crippen molar-refractivity contribution in [1.82, 2.24) is 14.8 Å². The first-order chi connectivity index (χ1) is 17.2. The third-order valence-electron chi connectivity index (χ3n) is 6.01. The summed E-state index contributed by atoms with van der Waals surface area (Å²) in [4.78, 5) is 49.6. The molecule has 36 heavy (non-hydrogen) atoms. The fourth-order valence-corrected chi connectivity index (χ4v) is 4.23. The number of amides is 4. The summed E-state index contributed by atoms with van der Waals surface area (Å²) >= 11 is 0. The van der Waals surface area contributed by atoms with E-state index in [9.17, 15) is 24.5 Å². The highest BCUT2D eigenvalue weighted by Gasteiger charge is 2.35. The van der Waals surface area contributed by atoms with Gasteiger partial charge in [-0.25, -0.2) is 9.69 Å². The molecule has 4 amide bonds. The number of hydrogen-bond donors (Lipinski definition) is 2. The molecule has 184 valence electrons. The average molecular weight is 488 g/mol. The standard InChI is InChI=1S/C26H25N5O5/c1-4-18-8-5-6-11-22(18)27-24(32)15-29-25(33)23(28-26(29)34)13-19-12-16(2)30(17(19)3)20-9-7-10-21(14-20)31(35)36/h5-14H,4,15H2,1-3H3,(H,27,32)(H,28,34)/b23-13+. The Hall–Kier alpha value is -4.73. The van der Waals surface area contributed by atoms with E-state index in [0.717, 1.165) is 28.3 Å². The molecule has 4 rings (SSSR count). The SMILES string of the molecule is CCc1ccccc1NC(=O)CN1C(=O)N/C(=C/c2cc(C)n(-c3cccc([N+](=O)[O-])c3)c2C)C1=O. The molecule has 3 aromatic rings. The van der Waals surface area contributed by atoms with E-state index in [-0.39, 0.29) is 11.4 Å². The summed E-state index contributed by atoms with van der Waals surface area (Å²) < 4.78 is 1.83. The van der Waals surface area contributed by atoms with E-state index in [2.05, 4.69) is 10.6 Å². The third-order valence-corrected chi connectivity index (χ3v) is 6.01. The van der Waals surface area contributed by atoms with Crippen molar-refractivity contribution in [2.24, 2.45) is 0 Å². The number of nitro benzene ring substituents is 1. The number of anilines is 1. The summed E-state index contributed by atoms with van der Waals surface area (Å²) in [6, 6.07) is 14.7. The molecule has 0 unspecified atom stereocenters. The van der Waals surface area contributed by atoms with Crippen LogP contribution >= 0.6 is 0 Å². The summed E-state index contributed by atoms with van der Waals surface area (Å²) in [6.07, 6.45) is 2.27. The van der Waals surface area contributed by atoms with Crippen molar-refractivity contribution in [1.29, 1.82) is 0 Å². The number of carbonyl (C=O) groups excluding carboxylic acids is 3. The van der Waals surface area contributed by atoms with Gasteiger partial charge in [0, 0.05) is 29.2 Å². The number of imide groups is 1. The number of nitrogens with one attached hydrogen (secondary N) is 2. The number of urea groups is 1. The molecule has 1 fully saturated rings. The summed E-state index contributed by atoms with van der Waals surface area (Å²) in [5.74, 6) is -1.09. The van der Waals surface area contributed by atoms with Crippen LogP contribution in [0, 0.1) is 24.0 Å². The van der Waals surface area contributed by atoms with Crippen LogP contribution in [0.1, 0.15) is 29.4 Å². The number of aryl methyl sites for hydroxylation is 2. The Morgan fingerprint density at radius 2 is 1.86 bits per heavy atom. The van der Waals surface area contributed by atoms with E-state index in [1.165, 1.54) is 12.1 Å². The molecule has 0 spiro atoms. The summed E-state index contributed by atoms with van der Waals surface area (Å²) in [5.41, 5.74) is 4.39. The molecule has 0 saturated carbocycles. The monoisotopic (exact) mass is 487 g/mol. The van der Waals surface area contributed by atoms with Crippen LogP contribution in [0.15, 0.2) is 60.3 Å². The van der Waals surface area contributed by atoms with Crippen LogP contribution in [-0.2, 0) is 16.0 Å². The highest BCUT2D eigenvalue weighted by molar-refractivity contribution is 6.16. The maximum absolute atomic E-state index is 12.9. The van der Waals surface area contributed by atoms with E-state index < -0.39 is 29.3 Å². The molecule has 1 aliphatic heterocycles. The largest absolute Gasteiger partial charge is 0.329 e. The first kappa shape index (κ1) is 24.4. The molecule has 1 saturated heterocycles. The van der Waals surface area contributed by atoms with E-state index in [0.29, 0.717) is 16.9 Å². The number of carbonyl (C=O) groups is 3. The first-order valence-corrected chi connectivity index (χ1v) is 11.4. The lowest BCUT2D eigenvalue weighted by Crippen LogP contribution is -2.38. The van der Waals surface area contributed by atoms with E-state index in [1.807, 2.05) is 43.5 Å². The smallest absolute Gasteiger partial charge is 0.324 e. The maximum atomic E-state index is 12.9. The zero-order chi connectivity index (χ0) is 26.0. The number of nitrogens with zero attached hydrogens (tertiary/aromatic N) is 3. The molecule has 0 aliphatic carbocycles. The van der Waals surface area contributed by atoms with Gasteiger partial charge in [-0.3, -0.25) is 19.7 Å².